The lowest BCUT2D eigenvalue weighted by Crippen LogP contribution is -2.38. The number of hydrogen-bond acceptors (Lipinski definition) is 4. The van der Waals surface area contributed by atoms with Crippen LogP contribution in [-0.2, 0) is 16.1 Å². The van der Waals surface area contributed by atoms with Gasteiger partial charge in [0.25, 0.3) is 0 Å². The molecule has 0 bridgehead atoms. The summed E-state index contributed by atoms with van der Waals surface area (Å²) in [4.78, 5) is 18.7. The maximum Gasteiger partial charge on any atom is 0.225 e. The molecule has 0 spiro atoms. The molecule has 1 amide bonds. The third-order valence-electron chi connectivity index (χ3n) is 4.91. The zero-order valence-electron chi connectivity index (χ0n) is 16.2. The number of nitrogens with zero attached hydrogens (tertiary/aromatic N) is 2. The number of rotatable bonds is 8. The number of amides is 1. The largest absolute Gasteiger partial charge is 0.379 e. The summed E-state index contributed by atoms with van der Waals surface area (Å²) < 4.78 is 5.33. The van der Waals surface area contributed by atoms with Crippen molar-refractivity contribution in [3.05, 3.63) is 29.8 Å². The average Bonchev–Trinajstić information content (AvgIpc) is 3.52. The van der Waals surface area contributed by atoms with Gasteiger partial charge in [-0.25, -0.2) is 0 Å². The molecule has 7 heteroatoms. The third-order valence-corrected chi connectivity index (χ3v) is 4.91. The molecule has 148 valence electrons. The van der Waals surface area contributed by atoms with Gasteiger partial charge < -0.3 is 20.7 Å². The first-order valence-corrected chi connectivity index (χ1v) is 9.86. The molecule has 27 heavy (non-hydrogen) atoms. The summed E-state index contributed by atoms with van der Waals surface area (Å²) >= 11 is 0. The number of hydrogen-bond donors (Lipinski definition) is 3. The van der Waals surface area contributed by atoms with Crippen LogP contribution in [0.4, 0.5) is 5.69 Å². The van der Waals surface area contributed by atoms with Crippen molar-refractivity contribution in [1.82, 2.24) is 15.5 Å². The van der Waals surface area contributed by atoms with Crippen LogP contribution in [0, 0.1) is 5.92 Å². The van der Waals surface area contributed by atoms with Crippen molar-refractivity contribution in [3.8, 4) is 0 Å². The molecule has 1 heterocycles. The van der Waals surface area contributed by atoms with Gasteiger partial charge in [-0.1, -0.05) is 12.1 Å². The number of anilines is 1. The summed E-state index contributed by atoms with van der Waals surface area (Å²) in [6.45, 7) is 5.76. The zero-order valence-corrected chi connectivity index (χ0v) is 16.2. The van der Waals surface area contributed by atoms with E-state index in [4.69, 9.17) is 4.74 Å². The van der Waals surface area contributed by atoms with E-state index in [1.54, 1.807) is 7.05 Å². The van der Waals surface area contributed by atoms with Gasteiger partial charge in [0.2, 0.25) is 5.91 Å². The molecule has 1 aromatic carbocycles. The molecule has 1 aliphatic carbocycles. The number of morpholine rings is 1. The Balaban J connectivity index is 1.41. The molecule has 0 aromatic heterocycles. The van der Waals surface area contributed by atoms with E-state index < -0.39 is 0 Å². The Hall–Kier alpha value is -2.12. The topological polar surface area (TPSA) is 78.0 Å². The second-order valence-electron chi connectivity index (χ2n) is 7.20. The van der Waals surface area contributed by atoms with Crippen LogP contribution in [0.15, 0.2) is 29.3 Å². The number of aliphatic imine (C=N–C) groups is 1. The Bertz CT molecular complexity index is 639. The highest BCUT2D eigenvalue weighted by atomic mass is 16.5. The van der Waals surface area contributed by atoms with Crippen molar-refractivity contribution in [2.45, 2.75) is 25.8 Å². The van der Waals surface area contributed by atoms with Crippen LogP contribution in [0.5, 0.6) is 0 Å². The van der Waals surface area contributed by atoms with E-state index in [9.17, 15) is 4.79 Å². The molecule has 1 saturated heterocycles. The fourth-order valence-electron chi connectivity index (χ4n) is 3.04. The fourth-order valence-corrected chi connectivity index (χ4v) is 3.04. The molecule has 1 saturated carbocycles. The second-order valence-corrected chi connectivity index (χ2v) is 7.20. The molecule has 1 aromatic rings. The molecule has 7 nitrogen and oxygen atoms in total. The van der Waals surface area contributed by atoms with E-state index >= 15 is 0 Å². The minimum atomic E-state index is 0.0495. The lowest BCUT2D eigenvalue weighted by Gasteiger charge is -2.26. The predicted molar refractivity (Wildman–Crippen MR) is 108 cm³/mol. The number of guanidine groups is 1. The van der Waals surface area contributed by atoms with E-state index in [0.717, 1.165) is 62.5 Å². The molecule has 0 atom stereocenters. The van der Waals surface area contributed by atoms with Crippen molar-refractivity contribution in [2.24, 2.45) is 10.9 Å². The van der Waals surface area contributed by atoms with Crippen LogP contribution < -0.4 is 16.0 Å². The van der Waals surface area contributed by atoms with Gasteiger partial charge in [-0.3, -0.25) is 14.7 Å². The first kappa shape index (κ1) is 19.6. The van der Waals surface area contributed by atoms with Crippen LogP contribution in [0.2, 0.25) is 0 Å². The van der Waals surface area contributed by atoms with Crippen LogP contribution in [0.25, 0.3) is 0 Å². The summed E-state index contributed by atoms with van der Waals surface area (Å²) in [6, 6.07) is 7.95. The summed E-state index contributed by atoms with van der Waals surface area (Å²) in [6.07, 6.45) is 3.13. The Morgan fingerprint density at radius 1 is 1.26 bits per heavy atom. The molecular weight excluding hydrogens is 342 g/mol. The maximum atomic E-state index is 12.2. The molecule has 1 aliphatic heterocycles. The van der Waals surface area contributed by atoms with Crippen molar-refractivity contribution in [1.29, 1.82) is 0 Å². The highest BCUT2D eigenvalue weighted by Gasteiger charge is 2.21. The molecule has 2 fully saturated rings. The lowest BCUT2D eigenvalue weighted by molar-refractivity contribution is -0.116. The Labute approximate surface area is 161 Å². The van der Waals surface area contributed by atoms with E-state index in [1.807, 2.05) is 24.3 Å². The molecule has 0 unspecified atom stereocenters. The normalized spacial score (nSPS) is 18.2. The highest BCUT2D eigenvalue weighted by molar-refractivity contribution is 5.90. The van der Waals surface area contributed by atoms with Gasteiger partial charge in [0.05, 0.1) is 13.2 Å². The van der Waals surface area contributed by atoms with Crippen molar-refractivity contribution < 1.29 is 9.53 Å². The number of nitrogens with one attached hydrogen (secondary N) is 3. The van der Waals surface area contributed by atoms with Gasteiger partial charge in [-0.2, -0.15) is 0 Å². The van der Waals surface area contributed by atoms with Crippen molar-refractivity contribution in [2.75, 3.05) is 51.8 Å². The van der Waals surface area contributed by atoms with Crippen LogP contribution in [-0.4, -0.2) is 63.2 Å². The number of carbonyl (C=O) groups excluding carboxylic acids is 1. The number of ether oxygens (including phenoxy) is 1. The average molecular weight is 374 g/mol. The summed E-state index contributed by atoms with van der Waals surface area (Å²) in [5.41, 5.74) is 1.94. The first-order chi connectivity index (χ1) is 13.2. The van der Waals surface area contributed by atoms with Crippen LogP contribution in [0.1, 0.15) is 24.8 Å². The van der Waals surface area contributed by atoms with Gasteiger partial charge in [0.1, 0.15) is 0 Å². The van der Waals surface area contributed by atoms with Gasteiger partial charge in [-0.05, 0) is 36.5 Å². The molecule has 0 radical (unpaired) electrons. The number of carbonyl (C=O) groups is 1. The van der Waals surface area contributed by atoms with E-state index in [0.29, 0.717) is 13.0 Å². The Morgan fingerprint density at radius 2 is 2.07 bits per heavy atom. The second kappa shape index (κ2) is 10.3. The van der Waals surface area contributed by atoms with E-state index in [1.165, 1.54) is 12.8 Å². The van der Waals surface area contributed by atoms with E-state index in [2.05, 4.69) is 25.8 Å². The molecular formula is C20H31N5O2. The minimum absolute atomic E-state index is 0.0495. The quantitative estimate of drug-likeness (QED) is 0.475. The SMILES string of the molecule is CN=C(NCc1cccc(NC(=O)CCN2CCOCC2)c1)NCC1CC1. The van der Waals surface area contributed by atoms with Gasteiger partial charge in [0.15, 0.2) is 5.96 Å². The lowest BCUT2D eigenvalue weighted by atomic mass is 10.2. The number of benzene rings is 1. The highest BCUT2D eigenvalue weighted by Crippen LogP contribution is 2.27. The Kier molecular flexibility index (Phi) is 7.47. The van der Waals surface area contributed by atoms with Crippen LogP contribution >= 0.6 is 0 Å². The zero-order chi connectivity index (χ0) is 18.9. The predicted octanol–water partition coefficient (Wildman–Crippen LogP) is 1.42. The van der Waals surface area contributed by atoms with Crippen molar-refractivity contribution in [3.63, 3.8) is 0 Å². The van der Waals surface area contributed by atoms with Crippen molar-refractivity contribution >= 4 is 17.6 Å². The van der Waals surface area contributed by atoms with E-state index in [-0.39, 0.29) is 5.91 Å². The molecule has 3 rings (SSSR count). The van der Waals surface area contributed by atoms with Gasteiger partial charge >= 0.3 is 0 Å². The first-order valence-electron chi connectivity index (χ1n) is 9.86. The third kappa shape index (κ3) is 7.19. The standard InChI is InChI=1S/C20H31N5O2/c1-21-20(22-14-16-5-6-16)23-15-17-3-2-4-18(13-17)24-19(26)7-8-25-9-11-27-12-10-25/h2-4,13,16H,5-12,14-15H2,1H3,(H,24,26)(H2,21,22,23). The minimum Gasteiger partial charge on any atom is -0.379 e. The fraction of sp³-hybridized carbons (Fsp3) is 0.600. The van der Waals surface area contributed by atoms with Crippen LogP contribution in [0.3, 0.4) is 0 Å². The monoisotopic (exact) mass is 373 g/mol. The molecule has 2 aliphatic rings. The van der Waals surface area contributed by atoms with Gasteiger partial charge in [0, 0.05) is 51.9 Å². The maximum absolute atomic E-state index is 12.2. The Morgan fingerprint density at radius 3 is 2.81 bits per heavy atom. The summed E-state index contributed by atoms with van der Waals surface area (Å²) in [5, 5.41) is 9.68. The smallest absolute Gasteiger partial charge is 0.225 e. The summed E-state index contributed by atoms with van der Waals surface area (Å²) in [5.74, 6) is 1.68. The summed E-state index contributed by atoms with van der Waals surface area (Å²) in [7, 11) is 1.79. The molecule has 3 N–H and O–H groups in total. The van der Waals surface area contributed by atoms with Gasteiger partial charge in [-0.15, -0.1) is 0 Å².